The van der Waals surface area contributed by atoms with Crippen LogP contribution >= 0.6 is 12.2 Å². The van der Waals surface area contributed by atoms with Crippen LogP contribution in [0.1, 0.15) is 12.0 Å². The molecule has 0 bridgehead atoms. The van der Waals surface area contributed by atoms with E-state index in [4.69, 9.17) is 22.7 Å². The second-order valence-corrected chi connectivity index (χ2v) is 4.24. The van der Waals surface area contributed by atoms with Crippen molar-refractivity contribution < 1.29 is 9.13 Å². The second-order valence-electron chi connectivity index (χ2n) is 3.80. The largest absolute Gasteiger partial charge is 0.389 e. The summed E-state index contributed by atoms with van der Waals surface area (Å²) in [4.78, 5) is 2.04. The van der Waals surface area contributed by atoms with Crippen LogP contribution in [0.3, 0.4) is 0 Å². The summed E-state index contributed by atoms with van der Waals surface area (Å²) in [6.45, 7) is 1.50. The van der Waals surface area contributed by atoms with Gasteiger partial charge in [-0.15, -0.1) is 0 Å². The summed E-state index contributed by atoms with van der Waals surface area (Å²) >= 11 is 4.75. The van der Waals surface area contributed by atoms with Crippen LogP contribution in [0.25, 0.3) is 0 Å². The second kappa shape index (κ2) is 6.51. The Bertz CT molecular complexity index is 398. The lowest BCUT2D eigenvalue weighted by atomic mass is 10.2. The number of nitrogens with two attached hydrogens (primary N) is 1. The normalized spacial score (nSPS) is 10.3. The van der Waals surface area contributed by atoms with Crippen molar-refractivity contribution in [1.29, 1.82) is 0 Å². The summed E-state index contributed by atoms with van der Waals surface area (Å²) in [6.07, 6.45) is 0.895. The lowest BCUT2D eigenvalue weighted by Crippen LogP contribution is -2.20. The molecule has 2 N–H and O–H groups in total. The van der Waals surface area contributed by atoms with E-state index in [1.165, 1.54) is 6.07 Å². The minimum absolute atomic E-state index is 0.0797. The Kier molecular flexibility index (Phi) is 5.31. The van der Waals surface area contributed by atoms with Gasteiger partial charge in [-0.3, -0.25) is 0 Å². The molecular weight excluding hydrogens is 239 g/mol. The van der Waals surface area contributed by atoms with Gasteiger partial charge in [-0.25, -0.2) is 4.39 Å². The average molecular weight is 256 g/mol. The molecule has 0 unspecified atom stereocenters. The van der Waals surface area contributed by atoms with E-state index < -0.39 is 0 Å². The molecule has 1 rings (SSSR count). The highest BCUT2D eigenvalue weighted by Crippen LogP contribution is 2.17. The lowest BCUT2D eigenvalue weighted by molar-refractivity contribution is 0.196. The molecule has 0 spiro atoms. The van der Waals surface area contributed by atoms with Gasteiger partial charge in [-0.2, -0.15) is 0 Å². The van der Waals surface area contributed by atoms with Crippen molar-refractivity contribution in [3.8, 4) is 0 Å². The van der Waals surface area contributed by atoms with E-state index in [0.29, 0.717) is 6.61 Å². The van der Waals surface area contributed by atoms with Crippen LogP contribution in [0.15, 0.2) is 18.2 Å². The molecule has 5 heteroatoms. The summed E-state index contributed by atoms with van der Waals surface area (Å²) in [6, 6.07) is 4.87. The zero-order valence-corrected chi connectivity index (χ0v) is 10.9. The number of nitrogens with zero attached hydrogens (tertiary/aromatic N) is 1. The fraction of sp³-hybridized carbons (Fsp3) is 0.417. The number of hydrogen-bond acceptors (Lipinski definition) is 3. The van der Waals surface area contributed by atoms with Gasteiger partial charge in [0, 0.05) is 38.6 Å². The van der Waals surface area contributed by atoms with Crippen molar-refractivity contribution in [2.24, 2.45) is 5.73 Å². The zero-order chi connectivity index (χ0) is 12.8. The number of anilines is 1. The van der Waals surface area contributed by atoms with Gasteiger partial charge in [0.15, 0.2) is 0 Å². The third-order valence-electron chi connectivity index (χ3n) is 2.50. The van der Waals surface area contributed by atoms with Gasteiger partial charge in [0.1, 0.15) is 10.8 Å². The molecule has 0 amide bonds. The third-order valence-corrected chi connectivity index (χ3v) is 2.72. The molecule has 0 radical (unpaired) electrons. The van der Waals surface area contributed by atoms with E-state index in [0.717, 1.165) is 18.7 Å². The summed E-state index contributed by atoms with van der Waals surface area (Å²) in [5, 5.41) is 0. The van der Waals surface area contributed by atoms with Gasteiger partial charge < -0.3 is 15.4 Å². The van der Waals surface area contributed by atoms with Crippen molar-refractivity contribution in [3.63, 3.8) is 0 Å². The number of rotatable bonds is 6. The van der Waals surface area contributed by atoms with Gasteiger partial charge in [0.2, 0.25) is 0 Å². The van der Waals surface area contributed by atoms with Gasteiger partial charge in [-0.05, 0) is 24.6 Å². The van der Waals surface area contributed by atoms with Crippen molar-refractivity contribution in [1.82, 2.24) is 0 Å². The van der Waals surface area contributed by atoms with Crippen molar-refractivity contribution >= 4 is 22.9 Å². The van der Waals surface area contributed by atoms with E-state index in [9.17, 15) is 4.39 Å². The highest BCUT2D eigenvalue weighted by molar-refractivity contribution is 7.80. The van der Waals surface area contributed by atoms with E-state index in [-0.39, 0.29) is 16.4 Å². The Morgan fingerprint density at radius 1 is 1.53 bits per heavy atom. The number of hydrogen-bond donors (Lipinski definition) is 1. The van der Waals surface area contributed by atoms with E-state index in [2.05, 4.69) is 0 Å². The third kappa shape index (κ3) is 3.94. The van der Waals surface area contributed by atoms with Gasteiger partial charge >= 0.3 is 0 Å². The molecule has 3 nitrogen and oxygen atoms in total. The maximum atomic E-state index is 13.6. The molecule has 0 atom stereocenters. The van der Waals surface area contributed by atoms with Crippen molar-refractivity contribution in [3.05, 3.63) is 29.6 Å². The van der Waals surface area contributed by atoms with E-state index >= 15 is 0 Å². The number of benzene rings is 1. The standard InChI is InChI=1S/C12H17FN2OS/c1-15(6-3-7-16-2)9-4-5-10(12(14)17)11(13)8-9/h4-5,8H,3,6-7H2,1-2H3,(H2,14,17). The molecule has 0 fully saturated rings. The molecule has 0 aliphatic rings. The van der Waals surface area contributed by atoms with Crippen LogP contribution in [0, 0.1) is 5.82 Å². The topological polar surface area (TPSA) is 38.5 Å². The van der Waals surface area contributed by atoms with Crippen LogP contribution in [0.4, 0.5) is 10.1 Å². The molecule has 94 valence electrons. The van der Waals surface area contributed by atoms with Gasteiger partial charge in [0.25, 0.3) is 0 Å². The Labute approximate surface area is 106 Å². The van der Waals surface area contributed by atoms with Crippen molar-refractivity contribution in [2.45, 2.75) is 6.42 Å². The first-order chi connectivity index (χ1) is 8.06. The quantitative estimate of drug-likeness (QED) is 0.623. The minimum Gasteiger partial charge on any atom is -0.389 e. The number of thiocarbonyl (C=S) groups is 1. The summed E-state index contributed by atoms with van der Waals surface area (Å²) in [5.41, 5.74) is 6.49. The molecule has 0 saturated carbocycles. The predicted octanol–water partition coefficient (Wildman–Crippen LogP) is 1.93. The van der Waals surface area contributed by atoms with Gasteiger partial charge in [-0.1, -0.05) is 12.2 Å². The van der Waals surface area contributed by atoms with Crippen LogP contribution in [0.5, 0.6) is 0 Å². The summed E-state index contributed by atoms with van der Waals surface area (Å²) in [5.74, 6) is -0.381. The molecular formula is C12H17FN2OS. The molecule has 0 aliphatic carbocycles. The van der Waals surface area contributed by atoms with Crippen LogP contribution < -0.4 is 10.6 Å². The summed E-state index contributed by atoms with van der Waals surface area (Å²) in [7, 11) is 3.57. The fourth-order valence-electron chi connectivity index (χ4n) is 1.52. The van der Waals surface area contributed by atoms with Crippen LogP contribution in [-0.2, 0) is 4.74 Å². The predicted molar refractivity (Wildman–Crippen MR) is 72.1 cm³/mol. The number of ether oxygens (including phenoxy) is 1. The Morgan fingerprint density at radius 2 is 2.24 bits per heavy atom. The Balaban J connectivity index is 2.72. The first-order valence-corrected chi connectivity index (χ1v) is 5.76. The first kappa shape index (κ1) is 13.9. The molecule has 0 saturated heterocycles. The highest BCUT2D eigenvalue weighted by atomic mass is 32.1. The smallest absolute Gasteiger partial charge is 0.135 e. The Morgan fingerprint density at radius 3 is 2.76 bits per heavy atom. The minimum atomic E-state index is -0.381. The molecule has 0 aromatic heterocycles. The zero-order valence-electron chi connectivity index (χ0n) is 10.1. The van der Waals surface area contributed by atoms with Crippen molar-refractivity contribution in [2.75, 3.05) is 32.2 Å². The van der Waals surface area contributed by atoms with Gasteiger partial charge in [0.05, 0.1) is 0 Å². The summed E-state index contributed by atoms with van der Waals surface area (Å²) < 4.78 is 18.6. The molecule has 1 aromatic carbocycles. The highest BCUT2D eigenvalue weighted by Gasteiger charge is 2.08. The number of halogens is 1. The maximum absolute atomic E-state index is 13.6. The van der Waals surface area contributed by atoms with Crippen LogP contribution in [0.2, 0.25) is 0 Å². The average Bonchev–Trinajstić information content (AvgIpc) is 2.28. The molecule has 0 heterocycles. The lowest BCUT2D eigenvalue weighted by Gasteiger charge is -2.19. The fourth-order valence-corrected chi connectivity index (χ4v) is 1.68. The van der Waals surface area contributed by atoms with E-state index in [1.807, 2.05) is 18.0 Å². The van der Waals surface area contributed by atoms with Crippen LogP contribution in [-0.4, -0.2) is 32.3 Å². The molecule has 0 aliphatic heterocycles. The molecule has 1 aromatic rings. The first-order valence-electron chi connectivity index (χ1n) is 5.35. The SMILES string of the molecule is COCCCN(C)c1ccc(C(N)=S)c(F)c1. The molecule has 17 heavy (non-hydrogen) atoms. The monoisotopic (exact) mass is 256 g/mol. The number of methoxy groups -OCH3 is 1. The van der Waals surface area contributed by atoms with E-state index in [1.54, 1.807) is 13.2 Å². The maximum Gasteiger partial charge on any atom is 0.135 e. The Hall–Kier alpha value is -1.20.